The molecular formula is C23H20ClN5O2S. The summed E-state index contributed by atoms with van der Waals surface area (Å²) in [6, 6.07) is 19.0. The average Bonchev–Trinajstić information content (AvgIpc) is 3.48. The first kappa shape index (κ1) is 21.9. The van der Waals surface area contributed by atoms with Gasteiger partial charge in [-0.1, -0.05) is 41.1 Å². The first-order valence-corrected chi connectivity index (χ1v) is 11.2. The van der Waals surface area contributed by atoms with Gasteiger partial charge in [-0.15, -0.1) is 10.2 Å². The molecule has 2 aromatic heterocycles. The molecule has 0 unspecified atom stereocenters. The number of nitrogens with one attached hydrogen (secondary N) is 1. The number of carbonyl (C=O) groups excluding carboxylic acids is 1. The lowest BCUT2D eigenvalue weighted by Gasteiger charge is -2.11. The van der Waals surface area contributed by atoms with E-state index in [1.165, 1.54) is 11.8 Å². The maximum Gasteiger partial charge on any atom is 0.250 e. The zero-order chi connectivity index (χ0) is 22.5. The summed E-state index contributed by atoms with van der Waals surface area (Å²) >= 11 is 7.32. The van der Waals surface area contributed by atoms with Crippen LogP contribution in [0.3, 0.4) is 0 Å². The van der Waals surface area contributed by atoms with Crippen LogP contribution < -0.4 is 5.43 Å². The number of amides is 1. The van der Waals surface area contributed by atoms with Crippen molar-refractivity contribution in [3.05, 3.63) is 83.3 Å². The van der Waals surface area contributed by atoms with Crippen LogP contribution in [-0.2, 0) is 4.79 Å². The van der Waals surface area contributed by atoms with Crippen LogP contribution in [0.2, 0.25) is 5.02 Å². The van der Waals surface area contributed by atoms with Crippen LogP contribution in [0.4, 0.5) is 0 Å². The SMILES string of the molecule is C/C(=N\NC(=O)CSc1nnc(-c2ccc(Cl)cc2)n1-c1ccc(C)cc1)c1ccco1. The van der Waals surface area contributed by atoms with Crippen LogP contribution in [-0.4, -0.2) is 32.1 Å². The van der Waals surface area contributed by atoms with Crippen molar-refractivity contribution < 1.29 is 9.21 Å². The maximum absolute atomic E-state index is 12.4. The van der Waals surface area contributed by atoms with Gasteiger partial charge < -0.3 is 4.42 Å². The average molecular weight is 466 g/mol. The standard InChI is InChI=1S/C23H20ClN5O2S/c1-15-5-11-19(12-6-15)29-22(17-7-9-18(24)10-8-17)27-28-23(29)32-14-21(30)26-25-16(2)20-4-3-13-31-20/h3-13H,14H2,1-2H3,(H,26,30)/b25-16+. The zero-order valence-electron chi connectivity index (χ0n) is 17.4. The highest BCUT2D eigenvalue weighted by molar-refractivity contribution is 7.99. The third-order valence-corrected chi connectivity index (χ3v) is 5.77. The topological polar surface area (TPSA) is 85.3 Å². The minimum Gasteiger partial charge on any atom is -0.463 e. The van der Waals surface area contributed by atoms with E-state index in [1.54, 1.807) is 25.3 Å². The van der Waals surface area contributed by atoms with E-state index in [4.69, 9.17) is 16.0 Å². The van der Waals surface area contributed by atoms with Gasteiger partial charge >= 0.3 is 0 Å². The Balaban J connectivity index is 1.55. The second-order valence-corrected chi connectivity index (χ2v) is 8.36. The first-order chi connectivity index (χ1) is 15.5. The van der Waals surface area contributed by atoms with Crippen molar-refractivity contribution in [3.63, 3.8) is 0 Å². The molecular weight excluding hydrogens is 446 g/mol. The normalized spacial score (nSPS) is 11.5. The molecule has 162 valence electrons. The molecule has 0 saturated carbocycles. The van der Waals surface area contributed by atoms with E-state index in [0.29, 0.717) is 27.5 Å². The van der Waals surface area contributed by atoms with Gasteiger partial charge in [-0.2, -0.15) is 5.10 Å². The molecule has 1 N–H and O–H groups in total. The van der Waals surface area contributed by atoms with E-state index >= 15 is 0 Å². The molecule has 4 rings (SSSR count). The second kappa shape index (κ2) is 9.84. The van der Waals surface area contributed by atoms with Crippen molar-refractivity contribution in [1.82, 2.24) is 20.2 Å². The smallest absolute Gasteiger partial charge is 0.250 e. The lowest BCUT2D eigenvalue weighted by molar-refractivity contribution is -0.118. The van der Waals surface area contributed by atoms with Gasteiger partial charge in [0.15, 0.2) is 11.0 Å². The first-order valence-electron chi connectivity index (χ1n) is 9.79. The van der Waals surface area contributed by atoms with Gasteiger partial charge in [0.2, 0.25) is 0 Å². The number of hydrogen-bond donors (Lipinski definition) is 1. The van der Waals surface area contributed by atoms with Gasteiger partial charge in [0.25, 0.3) is 5.91 Å². The van der Waals surface area contributed by atoms with E-state index in [2.05, 4.69) is 20.7 Å². The third-order valence-electron chi connectivity index (χ3n) is 4.59. The van der Waals surface area contributed by atoms with Gasteiger partial charge in [-0.05, 0) is 62.4 Å². The van der Waals surface area contributed by atoms with E-state index in [1.807, 2.05) is 60.0 Å². The number of hydrazone groups is 1. The number of furan rings is 1. The predicted molar refractivity (Wildman–Crippen MR) is 126 cm³/mol. The number of nitrogens with zero attached hydrogens (tertiary/aromatic N) is 4. The fourth-order valence-electron chi connectivity index (χ4n) is 2.92. The number of aryl methyl sites for hydroxylation is 1. The summed E-state index contributed by atoms with van der Waals surface area (Å²) in [5.74, 6) is 1.14. The van der Waals surface area contributed by atoms with E-state index in [9.17, 15) is 4.79 Å². The fourth-order valence-corrected chi connectivity index (χ4v) is 3.79. The molecule has 0 saturated heterocycles. The number of thioether (sulfide) groups is 1. The summed E-state index contributed by atoms with van der Waals surface area (Å²) in [6.45, 7) is 3.79. The van der Waals surface area contributed by atoms with Gasteiger partial charge in [-0.3, -0.25) is 9.36 Å². The monoisotopic (exact) mass is 465 g/mol. The summed E-state index contributed by atoms with van der Waals surface area (Å²) in [4.78, 5) is 12.4. The van der Waals surface area contributed by atoms with Gasteiger partial charge in [0.1, 0.15) is 11.5 Å². The summed E-state index contributed by atoms with van der Waals surface area (Å²) in [5, 5.41) is 14.0. The highest BCUT2D eigenvalue weighted by atomic mass is 35.5. The molecule has 2 heterocycles. The van der Waals surface area contributed by atoms with Crippen molar-refractivity contribution in [3.8, 4) is 17.1 Å². The second-order valence-electron chi connectivity index (χ2n) is 6.98. The Morgan fingerprint density at radius 1 is 1.12 bits per heavy atom. The van der Waals surface area contributed by atoms with E-state index in [-0.39, 0.29) is 11.7 Å². The van der Waals surface area contributed by atoms with Crippen LogP contribution in [0.25, 0.3) is 17.1 Å². The Morgan fingerprint density at radius 3 is 2.56 bits per heavy atom. The van der Waals surface area contributed by atoms with Gasteiger partial charge in [0, 0.05) is 16.3 Å². The predicted octanol–water partition coefficient (Wildman–Crippen LogP) is 5.12. The Kier molecular flexibility index (Phi) is 6.72. The third kappa shape index (κ3) is 5.09. The van der Waals surface area contributed by atoms with Crippen molar-refractivity contribution >= 4 is 35.0 Å². The Hall–Kier alpha value is -3.36. The zero-order valence-corrected chi connectivity index (χ0v) is 19.0. The fraction of sp³-hybridized carbons (Fsp3) is 0.130. The number of carbonyl (C=O) groups is 1. The highest BCUT2D eigenvalue weighted by Crippen LogP contribution is 2.28. The maximum atomic E-state index is 12.4. The molecule has 0 bridgehead atoms. The molecule has 0 fully saturated rings. The molecule has 9 heteroatoms. The lowest BCUT2D eigenvalue weighted by atomic mass is 10.2. The van der Waals surface area contributed by atoms with Crippen LogP contribution in [0.15, 0.2) is 81.6 Å². The van der Waals surface area contributed by atoms with Crippen molar-refractivity contribution in [2.75, 3.05) is 5.75 Å². The van der Waals surface area contributed by atoms with Crippen molar-refractivity contribution in [2.45, 2.75) is 19.0 Å². The number of hydrogen-bond acceptors (Lipinski definition) is 6. The molecule has 1 amide bonds. The van der Waals surface area contributed by atoms with Crippen LogP contribution in [0.5, 0.6) is 0 Å². The number of halogens is 1. The quantitative estimate of drug-likeness (QED) is 0.232. The van der Waals surface area contributed by atoms with Crippen LogP contribution in [0, 0.1) is 6.92 Å². The number of rotatable bonds is 7. The molecule has 2 aromatic carbocycles. The highest BCUT2D eigenvalue weighted by Gasteiger charge is 2.17. The molecule has 0 aliphatic rings. The molecule has 4 aromatic rings. The minimum absolute atomic E-state index is 0.125. The Labute approximate surface area is 194 Å². The molecule has 0 radical (unpaired) electrons. The van der Waals surface area contributed by atoms with E-state index < -0.39 is 0 Å². The summed E-state index contributed by atoms with van der Waals surface area (Å²) in [6.07, 6.45) is 1.56. The summed E-state index contributed by atoms with van der Waals surface area (Å²) in [5.41, 5.74) is 6.05. The van der Waals surface area contributed by atoms with E-state index in [0.717, 1.165) is 16.8 Å². The Morgan fingerprint density at radius 2 is 1.88 bits per heavy atom. The van der Waals surface area contributed by atoms with Crippen LogP contribution >= 0.6 is 23.4 Å². The molecule has 0 spiro atoms. The largest absolute Gasteiger partial charge is 0.463 e. The summed E-state index contributed by atoms with van der Waals surface area (Å²) in [7, 11) is 0. The number of benzene rings is 2. The molecule has 32 heavy (non-hydrogen) atoms. The molecule has 0 aliphatic heterocycles. The van der Waals surface area contributed by atoms with Crippen molar-refractivity contribution in [2.24, 2.45) is 5.10 Å². The molecule has 0 atom stereocenters. The van der Waals surface area contributed by atoms with Gasteiger partial charge in [-0.25, -0.2) is 5.43 Å². The Bertz CT molecular complexity index is 1230. The minimum atomic E-state index is -0.257. The van der Waals surface area contributed by atoms with Crippen molar-refractivity contribution in [1.29, 1.82) is 0 Å². The summed E-state index contributed by atoms with van der Waals surface area (Å²) < 4.78 is 7.19. The number of aromatic nitrogens is 3. The molecule has 7 nitrogen and oxygen atoms in total. The van der Waals surface area contributed by atoms with Gasteiger partial charge in [0.05, 0.1) is 12.0 Å². The van der Waals surface area contributed by atoms with Crippen LogP contribution in [0.1, 0.15) is 18.2 Å². The lowest BCUT2D eigenvalue weighted by Crippen LogP contribution is -2.21. The molecule has 0 aliphatic carbocycles.